The molecule has 1 heterocycles. The van der Waals surface area contributed by atoms with Gasteiger partial charge < -0.3 is 15.4 Å². The number of rotatable bonds is 5. The van der Waals surface area contributed by atoms with Gasteiger partial charge in [0.15, 0.2) is 0 Å². The van der Waals surface area contributed by atoms with Crippen LogP contribution in [0.4, 0.5) is 4.39 Å². The van der Waals surface area contributed by atoms with E-state index in [0.717, 1.165) is 0 Å². The molecule has 1 aromatic heterocycles. The molecule has 1 atom stereocenters. The number of carbonyl (C=O) groups is 2. The lowest BCUT2D eigenvalue weighted by atomic mass is 10.1. The maximum atomic E-state index is 13.8. The van der Waals surface area contributed by atoms with E-state index in [-0.39, 0.29) is 16.5 Å². The topological polar surface area (TPSA) is 95.1 Å². The summed E-state index contributed by atoms with van der Waals surface area (Å²) in [5.74, 6) is -2.74. The van der Waals surface area contributed by atoms with Gasteiger partial charge in [0, 0.05) is 18.3 Å². The molecule has 0 saturated heterocycles. The van der Waals surface area contributed by atoms with Gasteiger partial charge in [-0.3, -0.25) is 4.79 Å². The van der Waals surface area contributed by atoms with Crippen molar-refractivity contribution in [3.63, 3.8) is 0 Å². The maximum absolute atomic E-state index is 13.8. The van der Waals surface area contributed by atoms with Gasteiger partial charge in [0.1, 0.15) is 11.9 Å². The van der Waals surface area contributed by atoms with Gasteiger partial charge in [-0.2, -0.15) is 0 Å². The predicted molar refractivity (Wildman–Crippen MR) is 75.3 cm³/mol. The molecule has 110 valence electrons. The highest BCUT2D eigenvalue weighted by molar-refractivity contribution is 9.10. The second-order valence-corrected chi connectivity index (χ2v) is 5.10. The van der Waals surface area contributed by atoms with Crippen LogP contribution in [-0.2, 0) is 11.2 Å². The summed E-state index contributed by atoms with van der Waals surface area (Å²) in [6.07, 6.45) is 2.89. The van der Waals surface area contributed by atoms with Crippen LogP contribution in [0.25, 0.3) is 0 Å². The van der Waals surface area contributed by atoms with E-state index in [1.807, 2.05) is 0 Å². The Hall–Kier alpha value is -2.22. The van der Waals surface area contributed by atoms with Gasteiger partial charge in [-0.25, -0.2) is 14.2 Å². The van der Waals surface area contributed by atoms with Crippen LogP contribution >= 0.6 is 15.9 Å². The van der Waals surface area contributed by atoms with Crippen LogP contribution in [-0.4, -0.2) is 33.0 Å². The number of carboxylic acid groups (broad SMARTS) is 1. The second-order valence-electron chi connectivity index (χ2n) is 4.25. The van der Waals surface area contributed by atoms with Crippen molar-refractivity contribution in [1.29, 1.82) is 0 Å². The average molecular weight is 356 g/mol. The lowest BCUT2D eigenvalue weighted by molar-refractivity contribution is -0.139. The highest BCUT2D eigenvalue weighted by atomic mass is 79.9. The molecule has 3 N–H and O–H groups in total. The largest absolute Gasteiger partial charge is 0.480 e. The minimum Gasteiger partial charge on any atom is -0.480 e. The second kappa shape index (κ2) is 6.49. The molecule has 2 rings (SSSR count). The molecule has 0 aliphatic carbocycles. The van der Waals surface area contributed by atoms with Gasteiger partial charge in [0.25, 0.3) is 5.91 Å². The first-order valence-electron chi connectivity index (χ1n) is 5.94. The molecule has 0 bridgehead atoms. The number of halogens is 2. The van der Waals surface area contributed by atoms with Gasteiger partial charge in [-0.15, -0.1) is 0 Å². The molecule has 8 heteroatoms. The number of aromatic amines is 1. The van der Waals surface area contributed by atoms with Crippen molar-refractivity contribution in [3.8, 4) is 0 Å². The lowest BCUT2D eigenvalue weighted by Crippen LogP contribution is -2.42. The summed E-state index contributed by atoms with van der Waals surface area (Å²) in [6.45, 7) is 0. The summed E-state index contributed by atoms with van der Waals surface area (Å²) < 4.78 is 13.9. The Morgan fingerprint density at radius 2 is 2.24 bits per heavy atom. The van der Waals surface area contributed by atoms with E-state index < -0.39 is 23.7 Å². The molecule has 2 aromatic rings. The normalized spacial score (nSPS) is 11.9. The predicted octanol–water partition coefficient (Wildman–Crippen LogP) is 1.74. The number of nitrogens with zero attached hydrogens (tertiary/aromatic N) is 1. The Bertz CT molecular complexity index is 661. The third-order valence-electron chi connectivity index (χ3n) is 2.78. The minimum absolute atomic E-state index is 0.0245. The van der Waals surface area contributed by atoms with Crippen LogP contribution in [0.5, 0.6) is 0 Å². The van der Waals surface area contributed by atoms with E-state index in [9.17, 15) is 14.0 Å². The fraction of sp³-hybridized carbons (Fsp3) is 0.154. The van der Waals surface area contributed by atoms with Crippen molar-refractivity contribution in [2.75, 3.05) is 0 Å². The number of carbonyl (C=O) groups excluding carboxylic acids is 1. The fourth-order valence-electron chi connectivity index (χ4n) is 1.73. The number of hydrogen-bond acceptors (Lipinski definition) is 3. The van der Waals surface area contributed by atoms with Crippen molar-refractivity contribution in [1.82, 2.24) is 15.3 Å². The van der Waals surface area contributed by atoms with Crippen LogP contribution < -0.4 is 5.32 Å². The molecular formula is C13H11BrFN3O3. The summed E-state index contributed by atoms with van der Waals surface area (Å²) in [4.78, 5) is 29.7. The van der Waals surface area contributed by atoms with Gasteiger partial charge in [0.2, 0.25) is 0 Å². The molecule has 1 amide bonds. The smallest absolute Gasteiger partial charge is 0.326 e. The van der Waals surface area contributed by atoms with Gasteiger partial charge >= 0.3 is 5.97 Å². The third-order valence-corrected chi connectivity index (χ3v) is 3.39. The Morgan fingerprint density at radius 1 is 1.48 bits per heavy atom. The van der Waals surface area contributed by atoms with Crippen molar-refractivity contribution in [2.24, 2.45) is 0 Å². The molecule has 1 aromatic carbocycles. The van der Waals surface area contributed by atoms with Crippen molar-refractivity contribution < 1.29 is 19.1 Å². The SMILES string of the molecule is O=C(N[C@H](Cc1cnc[nH]1)C(=O)O)c1cccc(Br)c1F. The van der Waals surface area contributed by atoms with Crippen LogP contribution in [0, 0.1) is 5.82 Å². The maximum Gasteiger partial charge on any atom is 0.326 e. The quantitative estimate of drug-likeness (QED) is 0.761. The van der Waals surface area contributed by atoms with Crippen LogP contribution in [0.2, 0.25) is 0 Å². The van der Waals surface area contributed by atoms with Crippen LogP contribution in [0.3, 0.4) is 0 Å². The summed E-state index contributed by atoms with van der Waals surface area (Å²) in [5.41, 5.74) is 0.331. The Balaban J connectivity index is 2.15. The highest BCUT2D eigenvalue weighted by Gasteiger charge is 2.23. The summed E-state index contributed by atoms with van der Waals surface area (Å²) in [6, 6.07) is 3.04. The number of nitrogens with one attached hydrogen (secondary N) is 2. The molecular weight excluding hydrogens is 345 g/mol. The Kier molecular flexibility index (Phi) is 4.69. The molecule has 0 fully saturated rings. The first-order chi connectivity index (χ1) is 9.99. The van der Waals surface area contributed by atoms with Gasteiger partial charge in [0.05, 0.1) is 16.4 Å². The Morgan fingerprint density at radius 3 is 2.86 bits per heavy atom. The first-order valence-corrected chi connectivity index (χ1v) is 6.73. The number of aromatic nitrogens is 2. The number of amides is 1. The summed E-state index contributed by atoms with van der Waals surface area (Å²) in [7, 11) is 0. The molecule has 0 aliphatic rings. The number of aliphatic carboxylic acids is 1. The van der Waals surface area contributed by atoms with E-state index in [4.69, 9.17) is 5.11 Å². The zero-order valence-corrected chi connectivity index (χ0v) is 12.2. The third kappa shape index (κ3) is 3.66. The number of H-pyrrole nitrogens is 1. The first kappa shape index (κ1) is 15.2. The lowest BCUT2D eigenvalue weighted by Gasteiger charge is -2.14. The Labute approximate surface area is 127 Å². The highest BCUT2D eigenvalue weighted by Crippen LogP contribution is 2.18. The number of benzene rings is 1. The van der Waals surface area contributed by atoms with Crippen molar-refractivity contribution in [3.05, 3.63) is 52.3 Å². The average Bonchev–Trinajstić information content (AvgIpc) is 2.93. The standard InChI is InChI=1S/C13H11BrFN3O3/c14-9-3-1-2-8(11(9)15)12(19)18-10(13(20)21)4-7-5-16-6-17-7/h1-3,5-6,10H,4H2,(H,16,17)(H,18,19)(H,20,21)/t10-/m1/s1. The fourth-order valence-corrected chi connectivity index (χ4v) is 2.10. The van der Waals surface area contributed by atoms with Crippen molar-refractivity contribution >= 4 is 27.8 Å². The van der Waals surface area contributed by atoms with E-state index in [1.165, 1.54) is 30.7 Å². The zero-order chi connectivity index (χ0) is 15.4. The van der Waals surface area contributed by atoms with Crippen LogP contribution in [0.1, 0.15) is 16.1 Å². The summed E-state index contributed by atoms with van der Waals surface area (Å²) in [5, 5.41) is 11.4. The summed E-state index contributed by atoms with van der Waals surface area (Å²) >= 11 is 2.97. The van der Waals surface area contributed by atoms with E-state index in [0.29, 0.717) is 5.69 Å². The molecule has 0 unspecified atom stereocenters. The monoisotopic (exact) mass is 355 g/mol. The van der Waals surface area contributed by atoms with Crippen LogP contribution in [0.15, 0.2) is 35.2 Å². The van der Waals surface area contributed by atoms with E-state index >= 15 is 0 Å². The molecule has 21 heavy (non-hydrogen) atoms. The van der Waals surface area contributed by atoms with Crippen molar-refractivity contribution in [2.45, 2.75) is 12.5 Å². The molecule has 0 saturated carbocycles. The zero-order valence-electron chi connectivity index (χ0n) is 10.6. The molecule has 6 nitrogen and oxygen atoms in total. The number of carboxylic acids is 1. The number of imidazole rings is 1. The minimum atomic E-state index is -1.21. The van der Waals surface area contributed by atoms with E-state index in [1.54, 1.807) is 0 Å². The molecule has 0 spiro atoms. The van der Waals surface area contributed by atoms with E-state index in [2.05, 4.69) is 31.2 Å². The number of hydrogen-bond donors (Lipinski definition) is 3. The molecule has 0 aliphatic heterocycles. The van der Waals surface area contributed by atoms with Gasteiger partial charge in [-0.05, 0) is 28.1 Å². The molecule has 0 radical (unpaired) electrons. The van der Waals surface area contributed by atoms with Gasteiger partial charge in [-0.1, -0.05) is 6.07 Å².